The first-order chi connectivity index (χ1) is 8.18. The normalized spacial score (nSPS) is 23.4. The highest BCUT2D eigenvalue weighted by atomic mass is 15.3. The molecule has 1 N–H and O–H groups in total. The van der Waals surface area contributed by atoms with Crippen LogP contribution in [-0.2, 0) is 0 Å². The fraction of sp³-hybridized carbons (Fsp3) is 0.571. The molecular weight excluding hydrogens is 210 g/mol. The van der Waals surface area contributed by atoms with Crippen LogP contribution in [-0.4, -0.2) is 39.3 Å². The summed E-state index contributed by atoms with van der Waals surface area (Å²) in [6.07, 6.45) is 0. The lowest BCUT2D eigenvalue weighted by atomic mass is 9.99. The quantitative estimate of drug-likeness (QED) is 0.730. The maximum absolute atomic E-state index is 3.50. The summed E-state index contributed by atoms with van der Waals surface area (Å²) < 4.78 is 0. The molecule has 1 unspecified atom stereocenters. The molecule has 3 heteroatoms. The van der Waals surface area contributed by atoms with Crippen LogP contribution in [0.4, 0.5) is 11.4 Å². The summed E-state index contributed by atoms with van der Waals surface area (Å²) in [7, 11) is 2.21. The molecule has 1 aromatic rings. The van der Waals surface area contributed by atoms with Crippen molar-refractivity contribution in [3.63, 3.8) is 0 Å². The third kappa shape index (κ3) is 1.61. The lowest BCUT2D eigenvalue weighted by Crippen LogP contribution is -2.58. The Kier molecular flexibility index (Phi) is 2.51. The van der Waals surface area contributed by atoms with Gasteiger partial charge >= 0.3 is 0 Å². The number of benzene rings is 1. The van der Waals surface area contributed by atoms with E-state index in [1.807, 2.05) is 0 Å². The van der Waals surface area contributed by atoms with E-state index < -0.39 is 0 Å². The predicted molar refractivity (Wildman–Crippen MR) is 73.2 cm³/mol. The first-order valence-corrected chi connectivity index (χ1v) is 6.47. The summed E-state index contributed by atoms with van der Waals surface area (Å²) in [5, 5.41) is 3.50. The largest absolute Gasteiger partial charge is 0.371 e. The van der Waals surface area contributed by atoms with Crippen molar-refractivity contribution in [2.45, 2.75) is 19.9 Å². The molecule has 0 aliphatic carbocycles. The van der Waals surface area contributed by atoms with E-state index in [2.05, 4.69) is 48.1 Å². The van der Waals surface area contributed by atoms with Gasteiger partial charge in [-0.05, 0) is 31.0 Å². The van der Waals surface area contributed by atoms with Gasteiger partial charge in [-0.1, -0.05) is 6.07 Å². The van der Waals surface area contributed by atoms with Gasteiger partial charge in [0.1, 0.15) is 0 Å². The molecule has 17 heavy (non-hydrogen) atoms. The van der Waals surface area contributed by atoms with Crippen molar-refractivity contribution in [1.82, 2.24) is 5.32 Å². The number of rotatable bonds is 0. The first-order valence-electron chi connectivity index (χ1n) is 6.47. The Hall–Kier alpha value is -1.22. The number of piperazine rings is 1. The Bertz CT molecular complexity index is 441. The molecule has 2 aliphatic heterocycles. The van der Waals surface area contributed by atoms with E-state index in [1.54, 1.807) is 0 Å². The maximum Gasteiger partial charge on any atom is 0.0640 e. The van der Waals surface area contributed by atoms with Gasteiger partial charge in [0, 0.05) is 33.2 Å². The van der Waals surface area contributed by atoms with Crippen LogP contribution in [0.25, 0.3) is 0 Å². The van der Waals surface area contributed by atoms with Gasteiger partial charge in [0.15, 0.2) is 0 Å². The summed E-state index contributed by atoms with van der Waals surface area (Å²) in [5.41, 5.74) is 5.70. The third-order valence-corrected chi connectivity index (χ3v) is 4.21. The van der Waals surface area contributed by atoms with Crippen molar-refractivity contribution >= 4 is 11.4 Å². The minimum Gasteiger partial charge on any atom is -0.371 e. The van der Waals surface area contributed by atoms with E-state index >= 15 is 0 Å². The second-order valence-electron chi connectivity index (χ2n) is 5.31. The van der Waals surface area contributed by atoms with Gasteiger partial charge in [-0.15, -0.1) is 0 Å². The van der Waals surface area contributed by atoms with E-state index in [9.17, 15) is 0 Å². The Morgan fingerprint density at radius 1 is 1.29 bits per heavy atom. The van der Waals surface area contributed by atoms with Crippen LogP contribution in [0.5, 0.6) is 0 Å². The zero-order valence-electron chi connectivity index (χ0n) is 11.0. The van der Waals surface area contributed by atoms with Gasteiger partial charge < -0.3 is 15.1 Å². The SMILES string of the molecule is Cc1ccc2c(c1C)N1CCNCC1CN2C. The number of fused-ring (bicyclic) bond motifs is 3. The molecule has 1 fully saturated rings. The van der Waals surface area contributed by atoms with Crippen LogP contribution < -0.4 is 15.1 Å². The Labute approximate surface area is 103 Å². The molecule has 0 spiro atoms. The number of hydrogen-bond acceptors (Lipinski definition) is 3. The molecule has 3 nitrogen and oxygen atoms in total. The van der Waals surface area contributed by atoms with Crippen LogP contribution in [0.3, 0.4) is 0 Å². The number of aryl methyl sites for hydroxylation is 1. The highest BCUT2D eigenvalue weighted by Gasteiger charge is 2.32. The smallest absolute Gasteiger partial charge is 0.0640 e. The molecular formula is C14H21N3. The average molecular weight is 231 g/mol. The van der Waals surface area contributed by atoms with Gasteiger partial charge in [0.25, 0.3) is 0 Å². The fourth-order valence-electron chi connectivity index (χ4n) is 3.09. The Balaban J connectivity index is 2.13. The summed E-state index contributed by atoms with van der Waals surface area (Å²) in [4.78, 5) is 5.00. The molecule has 1 atom stereocenters. The summed E-state index contributed by atoms with van der Waals surface area (Å²) >= 11 is 0. The Morgan fingerprint density at radius 3 is 2.94 bits per heavy atom. The van der Waals surface area contributed by atoms with Gasteiger partial charge in [-0.2, -0.15) is 0 Å². The average Bonchev–Trinajstić information content (AvgIpc) is 2.33. The number of likely N-dealkylation sites (N-methyl/N-ethyl adjacent to an activating group) is 1. The molecule has 2 heterocycles. The second-order valence-corrected chi connectivity index (χ2v) is 5.31. The highest BCUT2D eigenvalue weighted by Crippen LogP contribution is 2.39. The molecule has 0 bridgehead atoms. The van der Waals surface area contributed by atoms with E-state index in [1.165, 1.54) is 22.5 Å². The van der Waals surface area contributed by atoms with Crippen LogP contribution in [0, 0.1) is 13.8 Å². The number of anilines is 2. The number of nitrogens with zero attached hydrogens (tertiary/aromatic N) is 2. The van der Waals surface area contributed by atoms with E-state index in [0.29, 0.717) is 6.04 Å². The van der Waals surface area contributed by atoms with Crippen molar-refractivity contribution in [3.8, 4) is 0 Å². The highest BCUT2D eigenvalue weighted by molar-refractivity contribution is 5.78. The lowest BCUT2D eigenvalue weighted by molar-refractivity contribution is 0.465. The zero-order valence-corrected chi connectivity index (χ0v) is 11.0. The molecule has 3 rings (SSSR count). The maximum atomic E-state index is 3.50. The second kappa shape index (κ2) is 3.91. The monoisotopic (exact) mass is 231 g/mol. The van der Waals surface area contributed by atoms with Gasteiger partial charge in [0.2, 0.25) is 0 Å². The van der Waals surface area contributed by atoms with Crippen LogP contribution in [0.2, 0.25) is 0 Å². The Morgan fingerprint density at radius 2 is 2.12 bits per heavy atom. The number of hydrogen-bond donors (Lipinski definition) is 1. The van der Waals surface area contributed by atoms with Crippen molar-refractivity contribution in [3.05, 3.63) is 23.3 Å². The standard InChI is InChI=1S/C14H21N3/c1-10-4-5-13-14(11(10)2)17-7-6-15-8-12(17)9-16(13)3/h4-5,12,15H,6-9H2,1-3H3. The molecule has 0 radical (unpaired) electrons. The number of nitrogens with one attached hydrogen (secondary N) is 1. The summed E-state index contributed by atoms with van der Waals surface area (Å²) in [6.45, 7) is 8.94. The van der Waals surface area contributed by atoms with Crippen molar-refractivity contribution < 1.29 is 0 Å². The topological polar surface area (TPSA) is 18.5 Å². The van der Waals surface area contributed by atoms with Gasteiger partial charge in [-0.3, -0.25) is 0 Å². The molecule has 0 saturated carbocycles. The molecule has 92 valence electrons. The lowest BCUT2D eigenvalue weighted by Gasteiger charge is -2.47. The van der Waals surface area contributed by atoms with E-state index in [4.69, 9.17) is 0 Å². The predicted octanol–water partition coefficient (Wildman–Crippen LogP) is 1.53. The van der Waals surface area contributed by atoms with Gasteiger partial charge in [-0.25, -0.2) is 0 Å². The zero-order chi connectivity index (χ0) is 12.0. The van der Waals surface area contributed by atoms with Gasteiger partial charge in [0.05, 0.1) is 17.4 Å². The van der Waals surface area contributed by atoms with Crippen LogP contribution in [0.15, 0.2) is 12.1 Å². The fourth-order valence-corrected chi connectivity index (χ4v) is 3.09. The van der Waals surface area contributed by atoms with E-state index in [0.717, 1.165) is 26.2 Å². The van der Waals surface area contributed by atoms with Crippen LogP contribution >= 0.6 is 0 Å². The molecule has 2 aliphatic rings. The molecule has 0 aromatic heterocycles. The minimum absolute atomic E-state index is 0.627. The van der Waals surface area contributed by atoms with Crippen molar-refractivity contribution in [2.75, 3.05) is 43.0 Å². The molecule has 1 saturated heterocycles. The first kappa shape index (κ1) is 10.9. The summed E-state index contributed by atoms with van der Waals surface area (Å²) in [6, 6.07) is 5.14. The van der Waals surface area contributed by atoms with Crippen molar-refractivity contribution in [2.24, 2.45) is 0 Å². The third-order valence-electron chi connectivity index (χ3n) is 4.21. The molecule has 1 aromatic carbocycles. The van der Waals surface area contributed by atoms with Crippen molar-refractivity contribution in [1.29, 1.82) is 0 Å². The van der Waals surface area contributed by atoms with Crippen LogP contribution in [0.1, 0.15) is 11.1 Å². The minimum atomic E-state index is 0.627. The van der Waals surface area contributed by atoms with E-state index in [-0.39, 0.29) is 0 Å². The summed E-state index contributed by atoms with van der Waals surface area (Å²) in [5.74, 6) is 0. The molecule has 0 amide bonds.